The highest BCUT2D eigenvalue weighted by molar-refractivity contribution is 7.92. The zero-order chi connectivity index (χ0) is 15.6. The van der Waals surface area contributed by atoms with Gasteiger partial charge in [-0.05, 0) is 43.9 Å². The molecular formula is C15H20FNO3S. The summed E-state index contributed by atoms with van der Waals surface area (Å²) >= 11 is 0. The van der Waals surface area contributed by atoms with Crippen LogP contribution in [0.15, 0.2) is 24.3 Å². The maximum atomic E-state index is 13.2. The summed E-state index contributed by atoms with van der Waals surface area (Å²) in [5.41, 5.74) is 0.826. The number of likely N-dealkylation sites (tertiary alicyclic amines) is 1. The Kier molecular flexibility index (Phi) is 4.66. The van der Waals surface area contributed by atoms with Crippen molar-refractivity contribution in [1.82, 2.24) is 4.90 Å². The zero-order valence-corrected chi connectivity index (χ0v) is 13.1. The van der Waals surface area contributed by atoms with Gasteiger partial charge in [0.1, 0.15) is 11.1 Å². The van der Waals surface area contributed by atoms with Crippen molar-refractivity contribution in [1.29, 1.82) is 0 Å². The highest BCUT2D eigenvalue weighted by Crippen LogP contribution is 2.23. The number of sulfone groups is 1. The van der Waals surface area contributed by atoms with Gasteiger partial charge in [0.05, 0.1) is 0 Å². The third-order valence-electron chi connectivity index (χ3n) is 4.01. The lowest BCUT2D eigenvalue weighted by atomic mass is 10.0. The fourth-order valence-electron chi connectivity index (χ4n) is 2.69. The molecule has 1 aromatic carbocycles. The number of hydrogen-bond donors (Lipinski definition) is 0. The minimum atomic E-state index is -3.39. The van der Waals surface area contributed by atoms with Crippen LogP contribution in [0.4, 0.5) is 4.39 Å². The van der Waals surface area contributed by atoms with E-state index in [9.17, 15) is 17.6 Å². The Hall–Kier alpha value is -1.43. The van der Waals surface area contributed by atoms with Gasteiger partial charge in [-0.25, -0.2) is 12.8 Å². The molecule has 1 aliphatic heterocycles. The molecule has 2 atom stereocenters. The van der Waals surface area contributed by atoms with Gasteiger partial charge in [-0.3, -0.25) is 4.79 Å². The Morgan fingerprint density at radius 3 is 2.81 bits per heavy atom. The molecule has 0 unspecified atom stereocenters. The Morgan fingerprint density at radius 2 is 2.19 bits per heavy atom. The van der Waals surface area contributed by atoms with Gasteiger partial charge < -0.3 is 4.90 Å². The zero-order valence-electron chi connectivity index (χ0n) is 12.3. The number of halogens is 1. The van der Waals surface area contributed by atoms with Crippen LogP contribution >= 0.6 is 0 Å². The molecule has 0 radical (unpaired) electrons. The van der Waals surface area contributed by atoms with E-state index < -0.39 is 15.1 Å². The normalized spacial score (nSPS) is 20.5. The van der Waals surface area contributed by atoms with Crippen molar-refractivity contribution < 1.29 is 17.6 Å². The Balaban J connectivity index is 2.12. The largest absolute Gasteiger partial charge is 0.338 e. The molecular weight excluding hydrogens is 293 g/mol. The second kappa shape index (κ2) is 6.13. The fourth-order valence-corrected chi connectivity index (χ4v) is 3.19. The summed E-state index contributed by atoms with van der Waals surface area (Å²) in [6.07, 6.45) is 3.30. The summed E-state index contributed by atoms with van der Waals surface area (Å²) < 4.78 is 36.3. The maximum Gasteiger partial charge on any atom is 0.240 e. The monoisotopic (exact) mass is 313 g/mol. The molecule has 0 N–H and O–H groups in total. The summed E-state index contributed by atoms with van der Waals surface area (Å²) in [6, 6.07) is 6.26. The first-order valence-electron chi connectivity index (χ1n) is 7.03. The summed E-state index contributed by atoms with van der Waals surface area (Å²) in [6.45, 7) is 1.99. The number of carbonyl (C=O) groups is 1. The SMILES string of the molecule is C[C@@H](C(=O)N1CCC[C@@H]1Cc1cccc(F)c1)S(C)(=O)=O. The van der Waals surface area contributed by atoms with E-state index in [2.05, 4.69) is 0 Å². The van der Waals surface area contributed by atoms with Gasteiger partial charge >= 0.3 is 0 Å². The molecule has 1 aliphatic rings. The average Bonchev–Trinajstić information content (AvgIpc) is 2.84. The van der Waals surface area contributed by atoms with Gasteiger partial charge in [-0.2, -0.15) is 0 Å². The van der Waals surface area contributed by atoms with Gasteiger partial charge in [0.25, 0.3) is 0 Å². The number of nitrogens with zero attached hydrogens (tertiary/aromatic N) is 1. The number of carbonyl (C=O) groups excluding carboxylic acids is 1. The van der Waals surface area contributed by atoms with E-state index >= 15 is 0 Å². The first-order chi connectivity index (χ1) is 9.79. The van der Waals surface area contributed by atoms with Crippen LogP contribution in [0.5, 0.6) is 0 Å². The quantitative estimate of drug-likeness (QED) is 0.851. The molecule has 2 rings (SSSR count). The second-order valence-electron chi connectivity index (χ2n) is 5.63. The molecule has 0 aromatic heterocycles. The van der Waals surface area contributed by atoms with Crippen LogP contribution in [-0.4, -0.2) is 43.3 Å². The smallest absolute Gasteiger partial charge is 0.240 e. The Morgan fingerprint density at radius 1 is 1.48 bits per heavy atom. The lowest BCUT2D eigenvalue weighted by Crippen LogP contribution is -2.44. The van der Waals surface area contributed by atoms with Crippen molar-refractivity contribution >= 4 is 15.7 Å². The molecule has 1 heterocycles. The molecule has 6 heteroatoms. The van der Waals surface area contributed by atoms with Crippen molar-refractivity contribution in [2.24, 2.45) is 0 Å². The number of amides is 1. The van der Waals surface area contributed by atoms with E-state index in [1.54, 1.807) is 11.0 Å². The summed E-state index contributed by atoms with van der Waals surface area (Å²) in [4.78, 5) is 14.0. The summed E-state index contributed by atoms with van der Waals surface area (Å²) in [5.74, 6) is -0.649. The highest BCUT2D eigenvalue weighted by Gasteiger charge is 2.35. The average molecular weight is 313 g/mol. The number of rotatable bonds is 4. The minimum Gasteiger partial charge on any atom is -0.338 e. The van der Waals surface area contributed by atoms with Crippen molar-refractivity contribution in [2.45, 2.75) is 37.5 Å². The number of hydrogen-bond acceptors (Lipinski definition) is 3. The molecule has 0 bridgehead atoms. The van der Waals surface area contributed by atoms with Crippen LogP contribution in [-0.2, 0) is 21.1 Å². The van der Waals surface area contributed by atoms with Crippen LogP contribution < -0.4 is 0 Å². The molecule has 116 valence electrons. The summed E-state index contributed by atoms with van der Waals surface area (Å²) in [7, 11) is -3.39. The van der Waals surface area contributed by atoms with Gasteiger partial charge in [0, 0.05) is 18.8 Å². The Bertz CT molecular complexity index is 630. The molecule has 1 fully saturated rings. The van der Waals surface area contributed by atoms with Crippen LogP contribution in [0, 0.1) is 5.82 Å². The van der Waals surface area contributed by atoms with Crippen molar-refractivity contribution in [3.63, 3.8) is 0 Å². The van der Waals surface area contributed by atoms with Crippen LogP contribution in [0.3, 0.4) is 0 Å². The lowest BCUT2D eigenvalue weighted by Gasteiger charge is -2.27. The van der Waals surface area contributed by atoms with Crippen LogP contribution in [0.2, 0.25) is 0 Å². The molecule has 1 aromatic rings. The molecule has 0 aliphatic carbocycles. The molecule has 21 heavy (non-hydrogen) atoms. The fraction of sp³-hybridized carbons (Fsp3) is 0.533. The third kappa shape index (κ3) is 3.81. The van der Waals surface area contributed by atoms with Gasteiger partial charge in [-0.1, -0.05) is 12.1 Å². The Labute approximate surface area is 124 Å². The molecule has 1 saturated heterocycles. The van der Waals surface area contributed by atoms with Crippen LogP contribution in [0.25, 0.3) is 0 Å². The lowest BCUT2D eigenvalue weighted by molar-refractivity contribution is -0.131. The van der Waals surface area contributed by atoms with Crippen LogP contribution in [0.1, 0.15) is 25.3 Å². The van der Waals surface area contributed by atoms with E-state index in [-0.39, 0.29) is 17.8 Å². The van der Waals surface area contributed by atoms with E-state index in [0.717, 1.165) is 24.7 Å². The first kappa shape index (κ1) is 15.9. The maximum absolute atomic E-state index is 13.2. The standard InChI is InChI=1S/C15H20FNO3S/c1-11(21(2,19)20)15(18)17-8-4-7-14(17)10-12-5-3-6-13(16)9-12/h3,5-6,9,11,14H,4,7-8,10H2,1-2H3/t11-,14+/m0/s1. The number of benzene rings is 1. The van der Waals surface area contributed by atoms with E-state index in [1.165, 1.54) is 19.1 Å². The van der Waals surface area contributed by atoms with E-state index in [4.69, 9.17) is 0 Å². The van der Waals surface area contributed by atoms with E-state index in [1.807, 2.05) is 6.07 Å². The predicted octanol–water partition coefficient (Wildman–Crippen LogP) is 1.79. The summed E-state index contributed by atoms with van der Waals surface area (Å²) in [5, 5.41) is -1.02. The van der Waals surface area contributed by atoms with Gasteiger partial charge in [-0.15, -0.1) is 0 Å². The van der Waals surface area contributed by atoms with Crippen molar-refractivity contribution in [3.8, 4) is 0 Å². The van der Waals surface area contributed by atoms with Gasteiger partial charge in [0.15, 0.2) is 9.84 Å². The molecule has 1 amide bonds. The predicted molar refractivity (Wildman–Crippen MR) is 79.1 cm³/mol. The topological polar surface area (TPSA) is 54.5 Å². The van der Waals surface area contributed by atoms with E-state index in [0.29, 0.717) is 13.0 Å². The third-order valence-corrected chi connectivity index (χ3v) is 5.50. The molecule has 0 spiro atoms. The van der Waals surface area contributed by atoms with Crippen molar-refractivity contribution in [2.75, 3.05) is 12.8 Å². The first-order valence-corrected chi connectivity index (χ1v) is 8.98. The van der Waals surface area contributed by atoms with Gasteiger partial charge in [0.2, 0.25) is 5.91 Å². The molecule has 0 saturated carbocycles. The minimum absolute atomic E-state index is 0.0523. The van der Waals surface area contributed by atoms with Crippen molar-refractivity contribution in [3.05, 3.63) is 35.6 Å². The second-order valence-corrected chi connectivity index (χ2v) is 8.00. The highest BCUT2D eigenvalue weighted by atomic mass is 32.2. The molecule has 4 nitrogen and oxygen atoms in total.